The minimum atomic E-state index is -3.58. The summed E-state index contributed by atoms with van der Waals surface area (Å²) >= 11 is 0. The number of carbonyl (C=O) groups is 1. The van der Waals surface area contributed by atoms with Gasteiger partial charge in [-0.15, -0.1) is 5.10 Å². The van der Waals surface area contributed by atoms with Gasteiger partial charge in [0.05, 0.1) is 0 Å². The normalized spacial score (nSPS) is 14.0. The first-order chi connectivity index (χ1) is 9.40. The summed E-state index contributed by atoms with van der Waals surface area (Å²) in [5, 5.41) is 9.29. The van der Waals surface area contributed by atoms with Crippen LogP contribution in [0, 0.1) is 5.92 Å². The van der Waals surface area contributed by atoms with Crippen LogP contribution in [-0.2, 0) is 14.6 Å². The van der Waals surface area contributed by atoms with E-state index in [1.54, 1.807) is 20.8 Å². The van der Waals surface area contributed by atoms with Crippen molar-refractivity contribution in [3.63, 3.8) is 0 Å². The molecule has 9 heteroatoms. The Balaban J connectivity index is 2.93. The van der Waals surface area contributed by atoms with E-state index in [0.29, 0.717) is 0 Å². The van der Waals surface area contributed by atoms with Gasteiger partial charge in [0.15, 0.2) is 0 Å². The van der Waals surface area contributed by atoms with Crippen molar-refractivity contribution >= 4 is 15.9 Å². The topological polar surface area (TPSA) is 111 Å². The fourth-order valence-corrected chi connectivity index (χ4v) is 1.87. The molecule has 120 valence electrons. The second-order valence-electron chi connectivity index (χ2n) is 6.05. The lowest BCUT2D eigenvalue weighted by Gasteiger charge is -2.23. The van der Waals surface area contributed by atoms with Crippen LogP contribution in [0.3, 0.4) is 0 Å². The number of nitrogens with zero attached hydrogens (tertiary/aromatic N) is 2. The van der Waals surface area contributed by atoms with Gasteiger partial charge in [0.1, 0.15) is 11.6 Å². The Hall–Kier alpha value is -1.64. The van der Waals surface area contributed by atoms with Crippen molar-refractivity contribution in [3.8, 4) is 0 Å². The van der Waals surface area contributed by atoms with E-state index in [-0.39, 0.29) is 11.8 Å². The third-order valence-electron chi connectivity index (χ3n) is 2.34. The number of ether oxygens (including phenoxy) is 1. The van der Waals surface area contributed by atoms with Gasteiger partial charge in [0, 0.05) is 6.26 Å². The second kappa shape index (κ2) is 6.00. The highest BCUT2D eigenvalue weighted by Crippen LogP contribution is 2.22. The van der Waals surface area contributed by atoms with Gasteiger partial charge in [-0.05, 0) is 26.7 Å². The van der Waals surface area contributed by atoms with E-state index < -0.39 is 32.8 Å². The average molecular weight is 319 g/mol. The zero-order chi connectivity index (χ0) is 16.4. The highest BCUT2D eigenvalue weighted by Gasteiger charge is 2.28. The number of aromatic nitrogens is 2. The van der Waals surface area contributed by atoms with Crippen LogP contribution >= 0.6 is 0 Å². The van der Waals surface area contributed by atoms with Crippen LogP contribution in [-0.4, -0.2) is 36.6 Å². The summed E-state index contributed by atoms with van der Waals surface area (Å²) in [4.78, 5) is 11.8. The van der Waals surface area contributed by atoms with Crippen molar-refractivity contribution in [1.82, 2.24) is 15.5 Å². The van der Waals surface area contributed by atoms with Gasteiger partial charge in [-0.25, -0.2) is 13.2 Å². The van der Waals surface area contributed by atoms with Gasteiger partial charge in [-0.2, -0.15) is 0 Å². The first-order valence-corrected chi connectivity index (χ1v) is 8.32. The minimum absolute atomic E-state index is 0.0243. The van der Waals surface area contributed by atoms with Gasteiger partial charge < -0.3 is 14.5 Å². The molecule has 0 aliphatic carbocycles. The molecule has 0 spiro atoms. The number of nitrogens with one attached hydrogen (secondary N) is 1. The molecule has 0 aliphatic rings. The van der Waals surface area contributed by atoms with E-state index in [2.05, 4.69) is 15.5 Å². The van der Waals surface area contributed by atoms with E-state index in [1.165, 1.54) is 0 Å². The maximum absolute atomic E-state index is 11.8. The number of carbonyl (C=O) groups excluding carboxylic acids is 1. The molecule has 1 aromatic heterocycles. The van der Waals surface area contributed by atoms with E-state index in [1.807, 2.05) is 13.8 Å². The molecule has 0 saturated heterocycles. The van der Waals surface area contributed by atoms with Crippen LogP contribution in [0.2, 0.25) is 0 Å². The molecule has 0 aliphatic heterocycles. The predicted molar refractivity (Wildman–Crippen MR) is 74.4 cm³/mol. The first kappa shape index (κ1) is 17.4. The van der Waals surface area contributed by atoms with Crippen molar-refractivity contribution < 1.29 is 22.4 Å². The smallest absolute Gasteiger partial charge is 0.408 e. The predicted octanol–water partition coefficient (Wildman–Crippen LogP) is 1.69. The van der Waals surface area contributed by atoms with Crippen LogP contribution in [0.25, 0.3) is 0 Å². The molecule has 1 rings (SSSR count). The number of hydrogen-bond acceptors (Lipinski definition) is 7. The molecular formula is C12H21N3O5S. The molecular weight excluding hydrogens is 298 g/mol. The van der Waals surface area contributed by atoms with Crippen molar-refractivity contribution in [2.24, 2.45) is 5.92 Å². The second-order valence-corrected chi connectivity index (χ2v) is 7.94. The zero-order valence-electron chi connectivity index (χ0n) is 13.0. The third-order valence-corrected chi connectivity index (χ3v) is 3.14. The highest BCUT2D eigenvalue weighted by atomic mass is 32.2. The van der Waals surface area contributed by atoms with Crippen molar-refractivity contribution in [2.45, 2.75) is 51.5 Å². The van der Waals surface area contributed by atoms with E-state index in [0.717, 1.165) is 6.26 Å². The maximum Gasteiger partial charge on any atom is 0.408 e. The molecule has 0 fully saturated rings. The Morgan fingerprint density at radius 3 is 2.24 bits per heavy atom. The van der Waals surface area contributed by atoms with Crippen molar-refractivity contribution in [2.75, 3.05) is 6.26 Å². The zero-order valence-corrected chi connectivity index (χ0v) is 13.8. The summed E-state index contributed by atoms with van der Waals surface area (Å²) in [6.07, 6.45) is 0.330. The molecule has 21 heavy (non-hydrogen) atoms. The Morgan fingerprint density at radius 1 is 1.29 bits per heavy atom. The van der Waals surface area contributed by atoms with Crippen molar-refractivity contribution in [1.29, 1.82) is 0 Å². The standard InChI is InChI=1S/C12H21N3O5S/c1-7(2)8(13-10(16)20-12(3,4)5)9-14-15-11(19-9)21(6,17)18/h7-8H,1-6H3,(H,13,16). The fourth-order valence-electron chi connectivity index (χ4n) is 1.44. The Kier molecular flexibility index (Phi) is 4.98. The van der Waals surface area contributed by atoms with Gasteiger partial charge in [0.25, 0.3) is 0 Å². The summed E-state index contributed by atoms with van der Waals surface area (Å²) in [5.41, 5.74) is -0.641. The van der Waals surface area contributed by atoms with Crippen LogP contribution in [0.4, 0.5) is 4.79 Å². The summed E-state index contributed by atoms with van der Waals surface area (Å²) < 4.78 is 33.0. The number of sulfone groups is 1. The van der Waals surface area contributed by atoms with Gasteiger partial charge in [0.2, 0.25) is 15.7 Å². The molecule has 0 saturated carbocycles. The molecule has 0 radical (unpaired) electrons. The summed E-state index contributed by atoms with van der Waals surface area (Å²) in [6, 6.07) is -0.636. The number of rotatable bonds is 4. The Labute approximate surface area is 124 Å². The lowest BCUT2D eigenvalue weighted by atomic mass is 10.1. The first-order valence-electron chi connectivity index (χ1n) is 6.43. The lowest BCUT2D eigenvalue weighted by Crippen LogP contribution is -2.37. The van der Waals surface area contributed by atoms with E-state index >= 15 is 0 Å². The van der Waals surface area contributed by atoms with Gasteiger partial charge in [-0.3, -0.25) is 0 Å². The molecule has 1 heterocycles. The molecule has 0 aromatic carbocycles. The highest BCUT2D eigenvalue weighted by molar-refractivity contribution is 7.90. The quantitative estimate of drug-likeness (QED) is 0.898. The van der Waals surface area contributed by atoms with E-state index in [4.69, 9.17) is 9.15 Å². The Morgan fingerprint density at radius 2 is 1.86 bits per heavy atom. The third kappa shape index (κ3) is 5.33. The molecule has 8 nitrogen and oxygen atoms in total. The van der Waals surface area contributed by atoms with Crippen molar-refractivity contribution in [3.05, 3.63) is 5.89 Å². The van der Waals surface area contributed by atoms with Gasteiger partial charge in [-0.1, -0.05) is 18.9 Å². The summed E-state index contributed by atoms with van der Waals surface area (Å²) in [5.74, 6) is -0.0679. The minimum Gasteiger partial charge on any atom is -0.444 e. The molecule has 1 amide bonds. The molecule has 0 bridgehead atoms. The molecule has 1 atom stereocenters. The van der Waals surface area contributed by atoms with Crippen LogP contribution in [0.5, 0.6) is 0 Å². The van der Waals surface area contributed by atoms with Crippen LogP contribution in [0.1, 0.15) is 46.6 Å². The monoisotopic (exact) mass is 319 g/mol. The van der Waals surface area contributed by atoms with Gasteiger partial charge >= 0.3 is 11.3 Å². The average Bonchev–Trinajstić information content (AvgIpc) is 2.71. The fraction of sp³-hybridized carbons (Fsp3) is 0.750. The summed E-state index contributed by atoms with van der Waals surface area (Å²) in [6.45, 7) is 8.88. The lowest BCUT2D eigenvalue weighted by molar-refractivity contribution is 0.0477. The van der Waals surface area contributed by atoms with Crippen LogP contribution in [0.15, 0.2) is 9.64 Å². The van der Waals surface area contributed by atoms with E-state index in [9.17, 15) is 13.2 Å². The largest absolute Gasteiger partial charge is 0.444 e. The molecule has 1 unspecified atom stereocenters. The maximum atomic E-state index is 11.8. The number of amides is 1. The molecule has 1 aromatic rings. The molecule has 1 N–H and O–H groups in total. The number of alkyl carbamates (subject to hydrolysis) is 1. The Bertz CT molecular complexity index is 601. The van der Waals surface area contributed by atoms with Crippen LogP contribution < -0.4 is 5.32 Å². The SMILES string of the molecule is CC(C)C(NC(=O)OC(C)(C)C)c1nnc(S(C)(=O)=O)o1. The number of hydrogen-bond donors (Lipinski definition) is 1. The summed E-state index contributed by atoms with van der Waals surface area (Å²) in [7, 11) is -3.58.